The summed E-state index contributed by atoms with van der Waals surface area (Å²) in [7, 11) is 0. The van der Waals surface area contributed by atoms with Gasteiger partial charge in [-0.1, -0.05) is 0 Å². The van der Waals surface area contributed by atoms with E-state index in [1.165, 1.54) is 0 Å². The van der Waals surface area contributed by atoms with Crippen LogP contribution in [0.1, 0.15) is 19.8 Å². The monoisotopic (exact) mass is 207 g/mol. The summed E-state index contributed by atoms with van der Waals surface area (Å²) in [4.78, 5) is 4.03. The van der Waals surface area contributed by atoms with Gasteiger partial charge in [-0.25, -0.2) is 4.98 Å². The molecule has 0 atom stereocenters. The first-order chi connectivity index (χ1) is 7.28. The summed E-state index contributed by atoms with van der Waals surface area (Å²) < 4.78 is 5.49. The lowest BCUT2D eigenvalue weighted by molar-refractivity contribution is 0.00299. The number of rotatable bonds is 4. The number of hydrogen-bond donors (Lipinski definition) is 2. The maximum absolute atomic E-state index is 5.51. The van der Waals surface area contributed by atoms with Crippen LogP contribution in [0, 0.1) is 0 Å². The molecule has 3 N–H and O–H groups in total. The third kappa shape index (κ3) is 2.59. The van der Waals surface area contributed by atoms with Crippen LogP contribution in [0.5, 0.6) is 0 Å². The van der Waals surface area contributed by atoms with Crippen molar-refractivity contribution in [1.29, 1.82) is 0 Å². The van der Waals surface area contributed by atoms with Crippen molar-refractivity contribution in [2.45, 2.75) is 31.9 Å². The topological polar surface area (TPSA) is 60.2 Å². The van der Waals surface area contributed by atoms with Crippen molar-refractivity contribution in [3.63, 3.8) is 0 Å². The van der Waals surface area contributed by atoms with Crippen molar-refractivity contribution in [1.82, 2.24) is 4.98 Å². The molecular weight excluding hydrogens is 190 g/mol. The molecule has 0 aromatic carbocycles. The fourth-order valence-corrected chi connectivity index (χ4v) is 1.78. The Morgan fingerprint density at radius 3 is 2.93 bits per heavy atom. The van der Waals surface area contributed by atoms with E-state index in [1.807, 2.05) is 13.0 Å². The van der Waals surface area contributed by atoms with Crippen molar-refractivity contribution < 1.29 is 4.74 Å². The molecule has 1 saturated carbocycles. The lowest BCUT2D eigenvalue weighted by Gasteiger charge is -2.35. The quantitative estimate of drug-likeness (QED) is 0.788. The Bertz CT molecular complexity index is 306. The second-order valence-electron chi connectivity index (χ2n) is 3.86. The Morgan fingerprint density at radius 1 is 1.53 bits per heavy atom. The van der Waals surface area contributed by atoms with Gasteiger partial charge in [0.2, 0.25) is 0 Å². The lowest BCUT2D eigenvalue weighted by atomic mass is 9.89. The maximum atomic E-state index is 5.51. The summed E-state index contributed by atoms with van der Waals surface area (Å²) in [6, 6.07) is 4.28. The van der Waals surface area contributed by atoms with E-state index < -0.39 is 0 Å². The van der Waals surface area contributed by atoms with Crippen molar-refractivity contribution in [2.24, 2.45) is 0 Å². The molecule has 1 heterocycles. The smallest absolute Gasteiger partial charge is 0.123 e. The number of ether oxygens (including phenoxy) is 1. The van der Waals surface area contributed by atoms with E-state index in [1.54, 1.807) is 12.3 Å². The SMILES string of the molecule is CCOC1CC(Nc2ccc(N)nc2)C1. The van der Waals surface area contributed by atoms with Crippen LogP contribution in [-0.2, 0) is 4.74 Å². The normalized spacial score (nSPS) is 24.6. The highest BCUT2D eigenvalue weighted by molar-refractivity contribution is 5.46. The number of nitrogens with zero attached hydrogens (tertiary/aromatic N) is 1. The van der Waals surface area contributed by atoms with Crippen LogP contribution in [0.4, 0.5) is 11.5 Å². The van der Waals surface area contributed by atoms with Gasteiger partial charge in [0.15, 0.2) is 0 Å². The van der Waals surface area contributed by atoms with Crippen LogP contribution in [0.15, 0.2) is 18.3 Å². The minimum Gasteiger partial charge on any atom is -0.384 e. The summed E-state index contributed by atoms with van der Waals surface area (Å²) in [5.41, 5.74) is 6.54. The van der Waals surface area contributed by atoms with Gasteiger partial charge in [0, 0.05) is 12.6 Å². The van der Waals surface area contributed by atoms with Crippen molar-refractivity contribution in [2.75, 3.05) is 17.7 Å². The van der Waals surface area contributed by atoms with Gasteiger partial charge in [0.1, 0.15) is 5.82 Å². The molecule has 0 amide bonds. The van der Waals surface area contributed by atoms with Crippen molar-refractivity contribution >= 4 is 11.5 Å². The standard InChI is InChI=1S/C11H17N3O/c1-2-15-10-5-9(6-10)14-8-3-4-11(12)13-7-8/h3-4,7,9-10,14H,2,5-6H2,1H3,(H2,12,13). The number of nitrogens with one attached hydrogen (secondary N) is 1. The minimum absolute atomic E-state index is 0.439. The number of pyridine rings is 1. The van der Waals surface area contributed by atoms with Gasteiger partial charge in [-0.2, -0.15) is 0 Å². The molecule has 0 saturated heterocycles. The molecule has 0 bridgehead atoms. The van der Waals surface area contributed by atoms with Gasteiger partial charge >= 0.3 is 0 Å². The van der Waals surface area contributed by atoms with Crippen LogP contribution in [0.2, 0.25) is 0 Å². The molecule has 0 aliphatic heterocycles. The van der Waals surface area contributed by atoms with Crippen LogP contribution in [-0.4, -0.2) is 23.7 Å². The number of nitrogens with two attached hydrogens (primary N) is 1. The zero-order chi connectivity index (χ0) is 10.7. The number of anilines is 2. The first-order valence-corrected chi connectivity index (χ1v) is 5.37. The Kier molecular flexibility index (Phi) is 3.06. The Hall–Kier alpha value is -1.29. The molecule has 1 aliphatic rings. The molecule has 0 unspecified atom stereocenters. The molecule has 1 aromatic heterocycles. The van der Waals surface area contributed by atoms with Crippen LogP contribution < -0.4 is 11.1 Å². The fraction of sp³-hybridized carbons (Fsp3) is 0.545. The average Bonchev–Trinajstić information content (AvgIpc) is 2.18. The zero-order valence-corrected chi connectivity index (χ0v) is 8.94. The van der Waals surface area contributed by atoms with Crippen LogP contribution in [0.25, 0.3) is 0 Å². The molecule has 0 radical (unpaired) electrons. The molecule has 82 valence electrons. The predicted octanol–water partition coefficient (Wildman–Crippen LogP) is 1.64. The molecule has 2 rings (SSSR count). The molecule has 1 aromatic rings. The highest BCUT2D eigenvalue weighted by atomic mass is 16.5. The van der Waals surface area contributed by atoms with Gasteiger partial charge < -0.3 is 15.8 Å². The van der Waals surface area contributed by atoms with Gasteiger partial charge in [0.25, 0.3) is 0 Å². The maximum Gasteiger partial charge on any atom is 0.123 e. The van der Waals surface area contributed by atoms with E-state index in [2.05, 4.69) is 10.3 Å². The summed E-state index contributed by atoms with van der Waals surface area (Å²) in [6.45, 7) is 2.84. The summed E-state index contributed by atoms with van der Waals surface area (Å²) in [6.07, 6.45) is 4.37. The largest absolute Gasteiger partial charge is 0.384 e. The predicted molar refractivity (Wildman–Crippen MR) is 60.7 cm³/mol. The number of hydrogen-bond acceptors (Lipinski definition) is 4. The molecule has 4 heteroatoms. The van der Waals surface area contributed by atoms with E-state index in [4.69, 9.17) is 10.5 Å². The van der Waals surface area contributed by atoms with E-state index in [9.17, 15) is 0 Å². The van der Waals surface area contributed by atoms with Crippen molar-refractivity contribution in [3.05, 3.63) is 18.3 Å². The van der Waals surface area contributed by atoms with Crippen molar-refractivity contribution in [3.8, 4) is 0 Å². The molecule has 0 spiro atoms. The third-order valence-corrected chi connectivity index (χ3v) is 2.65. The van der Waals surface area contributed by atoms with Crippen LogP contribution in [0.3, 0.4) is 0 Å². The zero-order valence-electron chi connectivity index (χ0n) is 8.94. The highest BCUT2D eigenvalue weighted by Gasteiger charge is 2.29. The third-order valence-electron chi connectivity index (χ3n) is 2.65. The second kappa shape index (κ2) is 4.49. The molecule has 1 aliphatic carbocycles. The van der Waals surface area contributed by atoms with Gasteiger partial charge in [0.05, 0.1) is 18.0 Å². The van der Waals surface area contributed by atoms with Gasteiger partial charge in [-0.05, 0) is 31.9 Å². The molecule has 15 heavy (non-hydrogen) atoms. The second-order valence-corrected chi connectivity index (χ2v) is 3.86. The number of aromatic nitrogens is 1. The number of nitrogen functional groups attached to an aromatic ring is 1. The van der Waals surface area contributed by atoms with Gasteiger partial charge in [-0.3, -0.25) is 0 Å². The Balaban J connectivity index is 1.77. The molecule has 4 nitrogen and oxygen atoms in total. The lowest BCUT2D eigenvalue weighted by Crippen LogP contribution is -2.40. The van der Waals surface area contributed by atoms with E-state index in [0.717, 1.165) is 25.1 Å². The molecular formula is C11H17N3O. The van der Waals surface area contributed by atoms with E-state index in [-0.39, 0.29) is 0 Å². The summed E-state index contributed by atoms with van der Waals surface area (Å²) in [5.74, 6) is 0.557. The summed E-state index contributed by atoms with van der Waals surface area (Å²) in [5, 5.41) is 3.40. The van der Waals surface area contributed by atoms with Crippen LogP contribution >= 0.6 is 0 Å². The Labute approximate surface area is 89.8 Å². The first kappa shape index (κ1) is 10.2. The molecule has 1 fully saturated rings. The minimum atomic E-state index is 0.439. The average molecular weight is 207 g/mol. The first-order valence-electron chi connectivity index (χ1n) is 5.37. The van der Waals surface area contributed by atoms with Gasteiger partial charge in [-0.15, -0.1) is 0 Å². The van der Waals surface area contributed by atoms with E-state index >= 15 is 0 Å². The fourth-order valence-electron chi connectivity index (χ4n) is 1.78. The Morgan fingerprint density at radius 2 is 2.33 bits per heavy atom. The van der Waals surface area contributed by atoms with E-state index in [0.29, 0.717) is 18.0 Å². The summed E-state index contributed by atoms with van der Waals surface area (Å²) >= 11 is 0. The highest BCUT2D eigenvalue weighted by Crippen LogP contribution is 2.26.